The lowest BCUT2D eigenvalue weighted by molar-refractivity contribution is 0.0587. The molecule has 1 aromatic heterocycles. The molecule has 1 aliphatic rings. The first kappa shape index (κ1) is 15.5. The number of pyridine rings is 1. The zero-order valence-electron chi connectivity index (χ0n) is 13.1. The smallest absolute Gasteiger partial charge is 0.253 e. The van der Waals surface area contributed by atoms with Gasteiger partial charge < -0.3 is 14.4 Å². The van der Waals surface area contributed by atoms with Crippen LogP contribution in [-0.4, -0.2) is 42.1 Å². The lowest BCUT2D eigenvalue weighted by atomic mass is 10.1. The van der Waals surface area contributed by atoms with Crippen LogP contribution in [0.2, 0.25) is 0 Å². The number of aromatic nitrogens is 1. The predicted molar refractivity (Wildman–Crippen MR) is 86.7 cm³/mol. The molecule has 1 atom stereocenters. The number of benzene rings is 1. The Bertz CT molecular complexity index is 654. The molecule has 1 fully saturated rings. The summed E-state index contributed by atoms with van der Waals surface area (Å²) in [5.41, 5.74) is 0.608. The number of carbonyl (C=O) groups excluding carboxylic acids is 1. The van der Waals surface area contributed by atoms with Gasteiger partial charge >= 0.3 is 0 Å². The highest BCUT2D eigenvalue weighted by Crippen LogP contribution is 2.22. The van der Waals surface area contributed by atoms with Crippen LogP contribution < -0.4 is 4.74 Å². The lowest BCUT2D eigenvalue weighted by Gasteiger charge is -2.21. The number of hydrogen-bond acceptors (Lipinski definition) is 4. The van der Waals surface area contributed by atoms with Crippen LogP contribution in [0, 0.1) is 0 Å². The van der Waals surface area contributed by atoms with Crippen LogP contribution in [0.5, 0.6) is 11.5 Å². The molecule has 0 N–H and O–H groups in total. The summed E-state index contributed by atoms with van der Waals surface area (Å²) in [4.78, 5) is 18.2. The van der Waals surface area contributed by atoms with Gasteiger partial charge in [-0.15, -0.1) is 0 Å². The summed E-state index contributed by atoms with van der Waals surface area (Å²) in [6.07, 6.45) is 5.57. The Morgan fingerprint density at radius 1 is 1.30 bits per heavy atom. The minimum Gasteiger partial charge on any atom is -0.457 e. The topological polar surface area (TPSA) is 51.7 Å². The maximum atomic E-state index is 12.5. The molecule has 1 amide bonds. The first-order valence-corrected chi connectivity index (χ1v) is 7.77. The Hall–Kier alpha value is -2.40. The van der Waals surface area contributed by atoms with E-state index in [4.69, 9.17) is 9.47 Å². The largest absolute Gasteiger partial charge is 0.457 e. The van der Waals surface area contributed by atoms with Crippen LogP contribution in [0.15, 0.2) is 48.8 Å². The highest BCUT2D eigenvalue weighted by Gasteiger charge is 2.21. The van der Waals surface area contributed by atoms with Gasteiger partial charge in [0, 0.05) is 38.2 Å². The van der Waals surface area contributed by atoms with Crippen molar-refractivity contribution in [3.8, 4) is 11.5 Å². The fourth-order valence-electron chi connectivity index (χ4n) is 2.63. The van der Waals surface area contributed by atoms with E-state index in [1.54, 1.807) is 48.6 Å². The average molecular weight is 312 g/mol. The zero-order chi connectivity index (χ0) is 16.1. The van der Waals surface area contributed by atoms with Crippen molar-refractivity contribution in [2.45, 2.75) is 18.9 Å². The summed E-state index contributed by atoms with van der Waals surface area (Å²) in [6, 6.07) is 10.8. The van der Waals surface area contributed by atoms with Crippen LogP contribution in [0.3, 0.4) is 0 Å². The summed E-state index contributed by atoms with van der Waals surface area (Å²) >= 11 is 0. The molecule has 0 spiro atoms. The number of amides is 1. The van der Waals surface area contributed by atoms with Gasteiger partial charge in [-0.2, -0.15) is 0 Å². The van der Waals surface area contributed by atoms with E-state index in [1.807, 2.05) is 12.1 Å². The molecule has 1 aliphatic heterocycles. The highest BCUT2D eigenvalue weighted by molar-refractivity contribution is 5.94. The lowest BCUT2D eigenvalue weighted by Crippen LogP contribution is -2.34. The predicted octanol–water partition coefficient (Wildman–Crippen LogP) is 3.12. The Labute approximate surface area is 135 Å². The minimum absolute atomic E-state index is 0.0271. The molecule has 5 nitrogen and oxygen atoms in total. The van der Waals surface area contributed by atoms with Crippen molar-refractivity contribution in [3.63, 3.8) is 0 Å². The second kappa shape index (κ2) is 7.24. The third-order valence-electron chi connectivity index (χ3n) is 3.81. The first-order chi connectivity index (χ1) is 11.2. The molecule has 3 rings (SSSR count). The molecule has 0 radical (unpaired) electrons. The molecular formula is C18H20N2O3. The van der Waals surface area contributed by atoms with Gasteiger partial charge in [0.15, 0.2) is 0 Å². The molecule has 1 saturated heterocycles. The molecule has 5 heteroatoms. The van der Waals surface area contributed by atoms with Crippen molar-refractivity contribution in [2.24, 2.45) is 0 Å². The quantitative estimate of drug-likeness (QED) is 0.851. The van der Waals surface area contributed by atoms with Crippen molar-refractivity contribution < 1.29 is 14.3 Å². The highest BCUT2D eigenvalue weighted by atomic mass is 16.5. The molecule has 0 bridgehead atoms. The Balaban J connectivity index is 1.67. The Morgan fingerprint density at radius 2 is 2.13 bits per heavy atom. The third kappa shape index (κ3) is 4.07. The van der Waals surface area contributed by atoms with Crippen molar-refractivity contribution in [2.75, 3.05) is 20.2 Å². The van der Waals surface area contributed by atoms with Crippen LogP contribution in [0.25, 0.3) is 0 Å². The fraction of sp³-hybridized carbons (Fsp3) is 0.333. The van der Waals surface area contributed by atoms with E-state index in [2.05, 4.69) is 4.98 Å². The first-order valence-electron chi connectivity index (χ1n) is 7.77. The molecular weight excluding hydrogens is 292 g/mol. The number of likely N-dealkylation sites (N-methyl/N-ethyl adjacent to an activating group) is 1. The second-order valence-corrected chi connectivity index (χ2v) is 5.63. The summed E-state index contributed by atoms with van der Waals surface area (Å²) < 4.78 is 11.3. The van der Waals surface area contributed by atoms with Gasteiger partial charge in [-0.3, -0.25) is 9.78 Å². The SMILES string of the molecule is CN(C[C@H]1CCCO1)C(=O)c1cccc(Oc2ccncc2)c1. The van der Waals surface area contributed by atoms with Gasteiger partial charge in [-0.1, -0.05) is 6.07 Å². The Morgan fingerprint density at radius 3 is 2.87 bits per heavy atom. The van der Waals surface area contributed by atoms with E-state index < -0.39 is 0 Å². The summed E-state index contributed by atoms with van der Waals surface area (Å²) in [6.45, 7) is 1.41. The molecule has 2 aromatic rings. The van der Waals surface area contributed by atoms with Crippen molar-refractivity contribution >= 4 is 5.91 Å². The number of carbonyl (C=O) groups is 1. The second-order valence-electron chi connectivity index (χ2n) is 5.63. The van der Waals surface area contributed by atoms with Crippen LogP contribution in [0.4, 0.5) is 0 Å². The van der Waals surface area contributed by atoms with Gasteiger partial charge in [0.25, 0.3) is 5.91 Å². The molecule has 0 aliphatic carbocycles. The molecule has 1 aromatic carbocycles. The number of rotatable bonds is 5. The standard InChI is InChI=1S/C18H20N2O3/c1-20(13-17-6-3-11-22-17)18(21)14-4-2-5-16(12-14)23-15-7-9-19-10-8-15/h2,4-5,7-10,12,17H,3,6,11,13H2,1H3/t17-/m1/s1. The van der Waals surface area contributed by atoms with Gasteiger partial charge in [0.1, 0.15) is 11.5 Å². The van der Waals surface area contributed by atoms with E-state index >= 15 is 0 Å². The van der Waals surface area contributed by atoms with Gasteiger partial charge in [-0.25, -0.2) is 0 Å². The van der Waals surface area contributed by atoms with Gasteiger partial charge in [-0.05, 0) is 43.2 Å². The van der Waals surface area contributed by atoms with Crippen LogP contribution in [0.1, 0.15) is 23.2 Å². The molecule has 0 saturated carbocycles. The van der Waals surface area contributed by atoms with Crippen molar-refractivity contribution in [1.29, 1.82) is 0 Å². The van der Waals surface area contributed by atoms with E-state index in [0.29, 0.717) is 23.6 Å². The minimum atomic E-state index is -0.0271. The Kier molecular flexibility index (Phi) is 4.88. The van der Waals surface area contributed by atoms with Gasteiger partial charge in [0.05, 0.1) is 6.10 Å². The summed E-state index contributed by atoms with van der Waals surface area (Å²) in [7, 11) is 1.81. The zero-order valence-corrected chi connectivity index (χ0v) is 13.1. The summed E-state index contributed by atoms with van der Waals surface area (Å²) in [5.74, 6) is 1.30. The number of nitrogens with zero attached hydrogens (tertiary/aromatic N) is 2. The van der Waals surface area contributed by atoms with E-state index in [0.717, 1.165) is 19.4 Å². The van der Waals surface area contributed by atoms with E-state index in [-0.39, 0.29) is 12.0 Å². The van der Waals surface area contributed by atoms with Crippen molar-refractivity contribution in [1.82, 2.24) is 9.88 Å². The maximum absolute atomic E-state index is 12.5. The normalized spacial score (nSPS) is 17.0. The number of ether oxygens (including phenoxy) is 2. The van der Waals surface area contributed by atoms with E-state index in [9.17, 15) is 4.79 Å². The average Bonchev–Trinajstić information content (AvgIpc) is 3.08. The fourth-order valence-corrected chi connectivity index (χ4v) is 2.63. The summed E-state index contributed by atoms with van der Waals surface area (Å²) in [5, 5.41) is 0. The number of hydrogen-bond donors (Lipinski definition) is 0. The van der Waals surface area contributed by atoms with Crippen molar-refractivity contribution in [3.05, 3.63) is 54.4 Å². The maximum Gasteiger partial charge on any atom is 0.253 e. The molecule has 23 heavy (non-hydrogen) atoms. The van der Waals surface area contributed by atoms with Crippen LogP contribution in [-0.2, 0) is 4.74 Å². The monoisotopic (exact) mass is 312 g/mol. The molecule has 120 valence electrons. The van der Waals surface area contributed by atoms with E-state index in [1.165, 1.54) is 0 Å². The van der Waals surface area contributed by atoms with Gasteiger partial charge in [0.2, 0.25) is 0 Å². The van der Waals surface area contributed by atoms with Crippen LogP contribution >= 0.6 is 0 Å². The third-order valence-corrected chi connectivity index (χ3v) is 3.81. The molecule has 0 unspecified atom stereocenters. The molecule has 2 heterocycles.